The highest BCUT2D eigenvalue weighted by molar-refractivity contribution is 9.10. The van der Waals surface area contributed by atoms with E-state index in [9.17, 15) is 0 Å². The van der Waals surface area contributed by atoms with Crippen LogP contribution in [-0.2, 0) is 6.54 Å². The molecule has 0 bridgehead atoms. The van der Waals surface area contributed by atoms with Gasteiger partial charge in [0.2, 0.25) is 0 Å². The lowest BCUT2D eigenvalue weighted by atomic mass is 10.4. The second-order valence-electron chi connectivity index (χ2n) is 2.53. The monoisotopic (exact) mass is 225 g/mol. The number of aryl methyl sites for hydroxylation is 1. The predicted molar refractivity (Wildman–Crippen MR) is 50.9 cm³/mol. The third kappa shape index (κ3) is 1.12. The van der Waals surface area contributed by atoms with Gasteiger partial charge in [-0.2, -0.15) is 0 Å². The first-order valence-electron chi connectivity index (χ1n) is 3.77. The lowest BCUT2D eigenvalue weighted by molar-refractivity contribution is 0.786. The van der Waals surface area contributed by atoms with Crippen LogP contribution in [-0.4, -0.2) is 14.5 Å². The molecule has 2 aromatic heterocycles. The first kappa shape index (κ1) is 7.73. The van der Waals surface area contributed by atoms with Crippen LogP contribution in [0.25, 0.3) is 11.0 Å². The summed E-state index contributed by atoms with van der Waals surface area (Å²) in [7, 11) is 0. The van der Waals surface area contributed by atoms with Gasteiger partial charge >= 0.3 is 0 Å². The summed E-state index contributed by atoms with van der Waals surface area (Å²) in [5.74, 6) is 0. The van der Waals surface area contributed by atoms with Crippen LogP contribution in [0.1, 0.15) is 6.92 Å². The van der Waals surface area contributed by atoms with E-state index in [2.05, 4.69) is 37.4 Å². The molecule has 0 N–H and O–H groups in total. The van der Waals surface area contributed by atoms with Crippen molar-refractivity contribution in [3.63, 3.8) is 0 Å². The fourth-order valence-corrected chi connectivity index (χ4v) is 1.51. The van der Waals surface area contributed by atoms with Crippen molar-refractivity contribution in [1.82, 2.24) is 14.5 Å². The molecule has 0 unspecified atom stereocenters. The summed E-state index contributed by atoms with van der Waals surface area (Å²) in [5, 5.41) is 0. The normalized spacial score (nSPS) is 10.8. The van der Waals surface area contributed by atoms with Gasteiger partial charge in [0, 0.05) is 6.54 Å². The summed E-state index contributed by atoms with van der Waals surface area (Å²) < 4.78 is 2.94. The van der Waals surface area contributed by atoms with Crippen LogP contribution < -0.4 is 0 Å². The van der Waals surface area contributed by atoms with Crippen molar-refractivity contribution < 1.29 is 0 Å². The van der Waals surface area contributed by atoms with E-state index < -0.39 is 0 Å². The Balaban J connectivity index is 2.75. The fourth-order valence-electron chi connectivity index (χ4n) is 1.19. The molecule has 0 saturated heterocycles. The quantitative estimate of drug-likeness (QED) is 0.698. The first-order chi connectivity index (χ1) is 5.81. The van der Waals surface area contributed by atoms with Gasteiger partial charge in [0.15, 0.2) is 0 Å². The summed E-state index contributed by atoms with van der Waals surface area (Å²) in [6, 6.07) is 1.98. The summed E-state index contributed by atoms with van der Waals surface area (Å²) >= 11 is 3.33. The van der Waals surface area contributed by atoms with Gasteiger partial charge < -0.3 is 4.57 Å². The van der Waals surface area contributed by atoms with Gasteiger partial charge in [0.05, 0.1) is 18.0 Å². The maximum Gasteiger partial charge on any atom is 0.108 e. The Morgan fingerprint density at radius 3 is 3.08 bits per heavy atom. The minimum atomic E-state index is 0.852. The van der Waals surface area contributed by atoms with Gasteiger partial charge in [-0.15, -0.1) is 0 Å². The number of hydrogen-bond donors (Lipinski definition) is 0. The molecular weight excluding hydrogens is 218 g/mol. The number of aromatic nitrogens is 3. The molecule has 0 saturated carbocycles. The lowest BCUT2D eigenvalue weighted by Crippen LogP contribution is -1.90. The molecule has 2 aromatic rings. The summed E-state index contributed by atoms with van der Waals surface area (Å²) in [5.41, 5.74) is 2.07. The molecule has 0 fully saturated rings. The number of rotatable bonds is 1. The molecule has 0 spiro atoms. The Labute approximate surface area is 78.6 Å². The third-order valence-electron chi connectivity index (χ3n) is 1.81. The van der Waals surface area contributed by atoms with E-state index in [1.54, 1.807) is 6.20 Å². The number of fused-ring (bicyclic) bond motifs is 1. The molecule has 12 heavy (non-hydrogen) atoms. The molecule has 0 aromatic carbocycles. The number of nitrogens with zero attached hydrogens (tertiary/aromatic N) is 3. The summed E-state index contributed by atoms with van der Waals surface area (Å²) in [6.45, 7) is 3.03. The molecule has 4 heteroatoms. The topological polar surface area (TPSA) is 30.7 Å². The van der Waals surface area contributed by atoms with E-state index in [4.69, 9.17) is 0 Å². The van der Waals surface area contributed by atoms with Gasteiger partial charge in [-0.1, -0.05) is 0 Å². The molecule has 0 aliphatic carbocycles. The Bertz CT molecular complexity index is 408. The minimum Gasteiger partial charge on any atom is -0.331 e. The fraction of sp³-hybridized carbons (Fsp3) is 0.250. The average Bonchev–Trinajstić information content (AvgIpc) is 2.46. The van der Waals surface area contributed by atoms with Gasteiger partial charge in [-0.25, -0.2) is 9.97 Å². The first-order valence-corrected chi connectivity index (χ1v) is 4.57. The zero-order valence-electron chi connectivity index (χ0n) is 6.66. The molecule has 0 amide bonds. The maximum absolute atomic E-state index is 4.21. The lowest BCUT2D eigenvalue weighted by Gasteiger charge is -1.97. The summed E-state index contributed by atoms with van der Waals surface area (Å²) in [6.07, 6.45) is 3.60. The van der Waals surface area contributed by atoms with Crippen molar-refractivity contribution in [2.24, 2.45) is 0 Å². The molecule has 0 atom stereocenters. The van der Waals surface area contributed by atoms with Crippen LogP contribution in [0, 0.1) is 0 Å². The number of pyridine rings is 1. The highest BCUT2D eigenvalue weighted by atomic mass is 79.9. The van der Waals surface area contributed by atoms with E-state index in [0.717, 1.165) is 22.2 Å². The highest BCUT2D eigenvalue weighted by Crippen LogP contribution is 2.15. The average molecular weight is 226 g/mol. The van der Waals surface area contributed by atoms with E-state index in [1.807, 2.05) is 12.4 Å². The van der Waals surface area contributed by atoms with Gasteiger partial charge in [-0.05, 0) is 28.9 Å². The van der Waals surface area contributed by atoms with E-state index in [1.165, 1.54) is 0 Å². The SMILES string of the molecule is CCn1cnc2cnc(Br)cc21. The Hall–Kier alpha value is -0.900. The van der Waals surface area contributed by atoms with Crippen LogP contribution in [0.15, 0.2) is 23.2 Å². The molecule has 2 rings (SSSR count). The van der Waals surface area contributed by atoms with E-state index in [0.29, 0.717) is 0 Å². The van der Waals surface area contributed by atoms with Crippen molar-refractivity contribution in [1.29, 1.82) is 0 Å². The molecule has 0 aliphatic heterocycles. The second-order valence-corrected chi connectivity index (χ2v) is 3.34. The van der Waals surface area contributed by atoms with E-state index >= 15 is 0 Å². The van der Waals surface area contributed by atoms with Gasteiger partial charge in [0.25, 0.3) is 0 Å². The maximum atomic E-state index is 4.21. The van der Waals surface area contributed by atoms with Crippen LogP contribution in [0.3, 0.4) is 0 Å². The second kappa shape index (κ2) is 2.86. The third-order valence-corrected chi connectivity index (χ3v) is 2.25. The molecule has 0 aliphatic rings. The Morgan fingerprint density at radius 2 is 2.33 bits per heavy atom. The van der Waals surface area contributed by atoms with Gasteiger partial charge in [-0.3, -0.25) is 0 Å². The molecule has 2 heterocycles. The minimum absolute atomic E-state index is 0.852. The van der Waals surface area contributed by atoms with Crippen molar-refractivity contribution in [2.75, 3.05) is 0 Å². The predicted octanol–water partition coefficient (Wildman–Crippen LogP) is 2.21. The Kier molecular flexibility index (Phi) is 1.84. The van der Waals surface area contributed by atoms with Crippen LogP contribution >= 0.6 is 15.9 Å². The van der Waals surface area contributed by atoms with Crippen LogP contribution in [0.5, 0.6) is 0 Å². The molecule has 62 valence electrons. The molecule has 3 nitrogen and oxygen atoms in total. The van der Waals surface area contributed by atoms with E-state index in [-0.39, 0.29) is 0 Å². The zero-order chi connectivity index (χ0) is 8.55. The van der Waals surface area contributed by atoms with Crippen molar-refractivity contribution >= 4 is 27.0 Å². The van der Waals surface area contributed by atoms with Crippen LogP contribution in [0.4, 0.5) is 0 Å². The molecular formula is C8H8BrN3. The van der Waals surface area contributed by atoms with Gasteiger partial charge in [0.1, 0.15) is 10.1 Å². The van der Waals surface area contributed by atoms with Crippen molar-refractivity contribution in [3.05, 3.63) is 23.2 Å². The largest absolute Gasteiger partial charge is 0.331 e. The highest BCUT2D eigenvalue weighted by Gasteiger charge is 2.00. The standard InChI is InChI=1S/C8H8BrN3/c1-2-12-5-11-6-4-10-8(9)3-7(6)12/h3-5H,2H2,1H3. The van der Waals surface area contributed by atoms with Crippen molar-refractivity contribution in [3.8, 4) is 0 Å². The Morgan fingerprint density at radius 1 is 1.50 bits per heavy atom. The smallest absolute Gasteiger partial charge is 0.108 e. The number of hydrogen-bond acceptors (Lipinski definition) is 2. The van der Waals surface area contributed by atoms with Crippen LogP contribution in [0.2, 0.25) is 0 Å². The van der Waals surface area contributed by atoms with Crippen molar-refractivity contribution in [2.45, 2.75) is 13.5 Å². The zero-order valence-corrected chi connectivity index (χ0v) is 8.24. The summed E-state index contributed by atoms with van der Waals surface area (Å²) in [4.78, 5) is 8.31. The number of imidazole rings is 1. The molecule has 0 radical (unpaired) electrons. The number of halogens is 1.